The Bertz CT molecular complexity index is 595. The normalized spacial score (nSPS) is 12.0. The highest BCUT2D eigenvalue weighted by Gasteiger charge is 2.18. The number of thioether (sulfide) groups is 1. The third kappa shape index (κ3) is 4.92. The maximum atomic E-state index is 12.4. The van der Waals surface area contributed by atoms with Crippen molar-refractivity contribution in [1.29, 1.82) is 0 Å². The largest absolute Gasteiger partial charge is 0.340 e. The molecule has 0 spiro atoms. The number of nitrogens with zero attached hydrogens (tertiary/aromatic N) is 1. The van der Waals surface area contributed by atoms with Crippen molar-refractivity contribution in [2.45, 2.75) is 31.4 Å². The van der Waals surface area contributed by atoms with Gasteiger partial charge in [-0.1, -0.05) is 60.2 Å². The van der Waals surface area contributed by atoms with Gasteiger partial charge in [-0.2, -0.15) is 0 Å². The highest BCUT2D eigenvalue weighted by atomic mass is 32.2. The summed E-state index contributed by atoms with van der Waals surface area (Å²) < 4.78 is 0. The van der Waals surface area contributed by atoms with Crippen LogP contribution in [0.2, 0.25) is 0 Å². The molecule has 0 aliphatic rings. The highest BCUT2D eigenvalue weighted by Crippen LogP contribution is 2.19. The van der Waals surface area contributed by atoms with Gasteiger partial charge in [-0.3, -0.25) is 4.79 Å². The minimum Gasteiger partial charge on any atom is -0.340 e. The summed E-state index contributed by atoms with van der Waals surface area (Å²) in [6.07, 6.45) is 0. The van der Waals surface area contributed by atoms with E-state index in [2.05, 4.69) is 43.3 Å². The van der Waals surface area contributed by atoms with E-state index in [-0.39, 0.29) is 11.2 Å². The van der Waals surface area contributed by atoms with Crippen molar-refractivity contribution >= 4 is 17.7 Å². The average Bonchev–Trinajstić information content (AvgIpc) is 2.55. The van der Waals surface area contributed by atoms with Crippen LogP contribution in [0.1, 0.15) is 23.6 Å². The molecule has 0 aromatic heterocycles. The molecule has 0 radical (unpaired) electrons. The molecule has 0 N–H and O–H groups in total. The predicted octanol–water partition coefficient (Wildman–Crippen LogP) is 4.28. The molecule has 0 unspecified atom stereocenters. The van der Waals surface area contributed by atoms with Crippen molar-refractivity contribution in [3.8, 4) is 0 Å². The van der Waals surface area contributed by atoms with Crippen molar-refractivity contribution < 1.29 is 4.79 Å². The summed E-state index contributed by atoms with van der Waals surface area (Å²) in [6.45, 7) is 4.72. The third-order valence-electron chi connectivity index (χ3n) is 3.61. The smallest absolute Gasteiger partial charge is 0.235 e. The highest BCUT2D eigenvalue weighted by molar-refractivity contribution is 7.99. The van der Waals surface area contributed by atoms with Crippen molar-refractivity contribution in [3.05, 3.63) is 71.3 Å². The molecule has 2 aromatic rings. The first-order valence-electron chi connectivity index (χ1n) is 7.52. The van der Waals surface area contributed by atoms with E-state index in [9.17, 15) is 4.79 Å². The standard InChI is InChI=1S/C19H23NOS/c1-15-9-11-17(12-10-15)13-20(3)19(21)16(2)22-14-18-7-5-4-6-8-18/h4-12,16H,13-14H2,1-3H3/t16-/m1/s1. The number of rotatable bonds is 6. The first-order chi connectivity index (χ1) is 10.6. The second kappa shape index (κ2) is 8.04. The number of carbonyl (C=O) groups is 1. The van der Waals surface area contributed by atoms with Gasteiger partial charge in [-0.05, 0) is 25.0 Å². The lowest BCUT2D eigenvalue weighted by atomic mass is 10.1. The number of benzene rings is 2. The van der Waals surface area contributed by atoms with E-state index in [0.717, 1.165) is 5.75 Å². The molecule has 0 fully saturated rings. The first kappa shape index (κ1) is 16.6. The van der Waals surface area contributed by atoms with E-state index < -0.39 is 0 Å². The summed E-state index contributed by atoms with van der Waals surface area (Å²) >= 11 is 1.69. The van der Waals surface area contributed by atoms with Gasteiger partial charge in [0.05, 0.1) is 5.25 Å². The SMILES string of the molecule is Cc1ccc(CN(C)C(=O)[C@@H](C)SCc2ccccc2)cc1. The van der Waals surface area contributed by atoms with Gasteiger partial charge in [0.2, 0.25) is 5.91 Å². The molecule has 1 atom stereocenters. The van der Waals surface area contributed by atoms with Crippen molar-refractivity contribution in [2.75, 3.05) is 7.05 Å². The monoisotopic (exact) mass is 313 g/mol. The number of amides is 1. The van der Waals surface area contributed by atoms with E-state index in [1.165, 1.54) is 16.7 Å². The molecule has 2 rings (SSSR count). The number of aryl methyl sites for hydroxylation is 1. The molecule has 0 bridgehead atoms. The Kier molecular flexibility index (Phi) is 6.08. The van der Waals surface area contributed by atoms with E-state index in [1.54, 1.807) is 11.8 Å². The van der Waals surface area contributed by atoms with Gasteiger partial charge in [0.15, 0.2) is 0 Å². The van der Waals surface area contributed by atoms with Crippen LogP contribution in [0.3, 0.4) is 0 Å². The quantitative estimate of drug-likeness (QED) is 0.793. The molecular weight excluding hydrogens is 290 g/mol. The lowest BCUT2D eigenvalue weighted by Crippen LogP contribution is -2.32. The topological polar surface area (TPSA) is 20.3 Å². The summed E-state index contributed by atoms with van der Waals surface area (Å²) in [7, 11) is 1.88. The second-order valence-electron chi connectivity index (χ2n) is 5.62. The fourth-order valence-electron chi connectivity index (χ4n) is 2.22. The Hall–Kier alpha value is -1.74. The van der Waals surface area contributed by atoms with Gasteiger partial charge in [-0.25, -0.2) is 0 Å². The maximum Gasteiger partial charge on any atom is 0.235 e. The zero-order valence-corrected chi connectivity index (χ0v) is 14.3. The molecule has 0 aliphatic carbocycles. The van der Waals surface area contributed by atoms with Crippen LogP contribution in [0.4, 0.5) is 0 Å². The van der Waals surface area contributed by atoms with Crippen LogP contribution < -0.4 is 0 Å². The Labute approximate surface area is 137 Å². The minimum absolute atomic E-state index is 0.0318. The first-order valence-corrected chi connectivity index (χ1v) is 8.57. The molecule has 2 nitrogen and oxygen atoms in total. The summed E-state index contributed by atoms with van der Waals surface area (Å²) in [5, 5.41) is -0.0318. The van der Waals surface area contributed by atoms with E-state index >= 15 is 0 Å². The van der Waals surface area contributed by atoms with Gasteiger partial charge in [0.1, 0.15) is 0 Å². The third-order valence-corrected chi connectivity index (χ3v) is 4.81. The Balaban J connectivity index is 1.85. The lowest BCUT2D eigenvalue weighted by molar-refractivity contribution is -0.129. The molecular formula is C19H23NOS. The molecule has 0 heterocycles. The molecule has 22 heavy (non-hydrogen) atoms. The van der Waals surface area contributed by atoms with Crippen LogP contribution in [-0.2, 0) is 17.1 Å². The van der Waals surface area contributed by atoms with Crippen LogP contribution in [0.25, 0.3) is 0 Å². The number of carbonyl (C=O) groups excluding carboxylic acids is 1. The lowest BCUT2D eigenvalue weighted by Gasteiger charge is -2.21. The zero-order valence-electron chi connectivity index (χ0n) is 13.5. The molecule has 0 saturated carbocycles. The van der Waals surface area contributed by atoms with Crippen molar-refractivity contribution in [3.63, 3.8) is 0 Å². The Morgan fingerprint density at radius 1 is 1.05 bits per heavy atom. The van der Waals surface area contributed by atoms with Crippen molar-refractivity contribution in [2.24, 2.45) is 0 Å². The fraction of sp³-hybridized carbons (Fsp3) is 0.316. The van der Waals surface area contributed by atoms with Crippen LogP contribution in [0.5, 0.6) is 0 Å². The van der Waals surface area contributed by atoms with Crippen molar-refractivity contribution in [1.82, 2.24) is 4.90 Å². The average molecular weight is 313 g/mol. The summed E-state index contributed by atoms with van der Waals surface area (Å²) in [5.74, 6) is 1.05. The Morgan fingerprint density at radius 2 is 1.68 bits per heavy atom. The maximum absolute atomic E-state index is 12.4. The Morgan fingerprint density at radius 3 is 2.32 bits per heavy atom. The van der Waals surface area contributed by atoms with Crippen LogP contribution in [0, 0.1) is 6.92 Å². The van der Waals surface area contributed by atoms with Gasteiger partial charge in [0.25, 0.3) is 0 Å². The molecule has 2 aromatic carbocycles. The fourth-order valence-corrected chi connectivity index (χ4v) is 3.18. The van der Waals surface area contributed by atoms with Crippen LogP contribution in [-0.4, -0.2) is 23.1 Å². The number of hydrogen-bond acceptors (Lipinski definition) is 2. The van der Waals surface area contributed by atoms with Crippen LogP contribution in [0.15, 0.2) is 54.6 Å². The van der Waals surface area contributed by atoms with Gasteiger partial charge < -0.3 is 4.90 Å². The predicted molar refractivity (Wildman–Crippen MR) is 94.9 cm³/mol. The summed E-state index contributed by atoms with van der Waals surface area (Å²) in [5.41, 5.74) is 3.67. The van der Waals surface area contributed by atoms with E-state index in [4.69, 9.17) is 0 Å². The molecule has 116 valence electrons. The summed E-state index contributed by atoms with van der Waals surface area (Å²) in [4.78, 5) is 14.3. The molecule has 0 aliphatic heterocycles. The van der Waals surface area contributed by atoms with Gasteiger partial charge >= 0.3 is 0 Å². The van der Waals surface area contributed by atoms with E-state index in [0.29, 0.717) is 6.54 Å². The second-order valence-corrected chi connectivity index (χ2v) is 6.95. The van der Waals surface area contributed by atoms with Crippen LogP contribution >= 0.6 is 11.8 Å². The minimum atomic E-state index is -0.0318. The summed E-state index contributed by atoms with van der Waals surface area (Å²) in [6, 6.07) is 18.6. The zero-order chi connectivity index (χ0) is 15.9. The van der Waals surface area contributed by atoms with Gasteiger partial charge in [0, 0.05) is 19.3 Å². The van der Waals surface area contributed by atoms with Gasteiger partial charge in [-0.15, -0.1) is 11.8 Å². The molecule has 0 saturated heterocycles. The van der Waals surface area contributed by atoms with E-state index in [1.807, 2.05) is 37.1 Å². The molecule has 3 heteroatoms. The molecule has 1 amide bonds. The number of hydrogen-bond donors (Lipinski definition) is 0.